The zero-order valence-electron chi connectivity index (χ0n) is 8.44. The predicted molar refractivity (Wildman–Crippen MR) is 55.8 cm³/mol. The van der Waals surface area contributed by atoms with Crippen LogP contribution in [-0.2, 0) is 11.2 Å². The number of aliphatic hydroxyl groups is 1. The summed E-state index contributed by atoms with van der Waals surface area (Å²) in [4.78, 5) is 0. The Balaban J connectivity index is 2.16. The lowest BCUT2D eigenvalue weighted by Crippen LogP contribution is -2.32. The molecule has 1 rings (SSSR count). The zero-order chi connectivity index (χ0) is 10.2. The normalized spacial score (nSPS) is 12.7. The molecule has 0 bridgehead atoms. The first-order valence-electron chi connectivity index (χ1n) is 4.90. The van der Waals surface area contributed by atoms with E-state index >= 15 is 0 Å². The van der Waals surface area contributed by atoms with Gasteiger partial charge in [0.1, 0.15) is 0 Å². The third-order valence-electron chi connectivity index (χ3n) is 1.90. The summed E-state index contributed by atoms with van der Waals surface area (Å²) in [7, 11) is 0. The molecule has 3 nitrogen and oxygen atoms in total. The lowest BCUT2D eigenvalue weighted by atomic mass is 10.1. The standard InChI is InChI=1S/C11H17NO2/c1-2-14-11(13)12-9-8-10-6-4-3-5-7-10/h3-7,11-13H,2,8-9H2,1H3. The molecule has 1 unspecified atom stereocenters. The molecule has 0 saturated heterocycles. The fourth-order valence-corrected chi connectivity index (χ4v) is 1.20. The molecule has 0 spiro atoms. The molecule has 78 valence electrons. The number of hydrogen-bond donors (Lipinski definition) is 2. The monoisotopic (exact) mass is 195 g/mol. The van der Waals surface area contributed by atoms with E-state index in [1.54, 1.807) is 0 Å². The van der Waals surface area contributed by atoms with Crippen LogP contribution in [0, 0.1) is 0 Å². The van der Waals surface area contributed by atoms with Crippen molar-refractivity contribution in [2.24, 2.45) is 0 Å². The highest BCUT2D eigenvalue weighted by Crippen LogP contribution is 1.98. The fourth-order valence-electron chi connectivity index (χ4n) is 1.20. The summed E-state index contributed by atoms with van der Waals surface area (Å²) in [6, 6.07) is 10.1. The maximum absolute atomic E-state index is 9.19. The Hall–Kier alpha value is -0.900. The smallest absolute Gasteiger partial charge is 0.213 e. The van der Waals surface area contributed by atoms with Crippen molar-refractivity contribution in [2.75, 3.05) is 13.2 Å². The summed E-state index contributed by atoms with van der Waals surface area (Å²) in [5, 5.41) is 12.1. The maximum Gasteiger partial charge on any atom is 0.213 e. The van der Waals surface area contributed by atoms with Gasteiger partial charge in [-0.2, -0.15) is 0 Å². The lowest BCUT2D eigenvalue weighted by Gasteiger charge is -2.11. The molecule has 1 aromatic carbocycles. The molecule has 0 aliphatic carbocycles. The molecule has 0 aliphatic rings. The van der Waals surface area contributed by atoms with Crippen molar-refractivity contribution in [3.8, 4) is 0 Å². The molecule has 0 fully saturated rings. The van der Waals surface area contributed by atoms with Crippen LogP contribution in [-0.4, -0.2) is 24.7 Å². The minimum Gasteiger partial charge on any atom is -0.356 e. The maximum atomic E-state index is 9.19. The molecular formula is C11H17NO2. The van der Waals surface area contributed by atoms with Crippen LogP contribution in [0.15, 0.2) is 30.3 Å². The fraction of sp³-hybridized carbons (Fsp3) is 0.455. The summed E-state index contributed by atoms with van der Waals surface area (Å²) in [5.41, 5.74) is 1.25. The van der Waals surface area contributed by atoms with E-state index in [0.29, 0.717) is 13.2 Å². The molecule has 0 saturated carbocycles. The van der Waals surface area contributed by atoms with Gasteiger partial charge in [-0.3, -0.25) is 5.32 Å². The van der Waals surface area contributed by atoms with E-state index < -0.39 is 6.41 Å². The van der Waals surface area contributed by atoms with Crippen LogP contribution < -0.4 is 5.32 Å². The first kappa shape index (κ1) is 11.2. The van der Waals surface area contributed by atoms with Crippen molar-refractivity contribution in [1.29, 1.82) is 0 Å². The number of rotatable bonds is 6. The highest BCUT2D eigenvalue weighted by atomic mass is 16.6. The van der Waals surface area contributed by atoms with E-state index in [2.05, 4.69) is 17.4 Å². The van der Waals surface area contributed by atoms with E-state index in [1.807, 2.05) is 25.1 Å². The summed E-state index contributed by atoms with van der Waals surface area (Å²) in [5.74, 6) is 0. The van der Waals surface area contributed by atoms with Crippen LogP contribution in [0.2, 0.25) is 0 Å². The van der Waals surface area contributed by atoms with Gasteiger partial charge in [0.15, 0.2) is 0 Å². The van der Waals surface area contributed by atoms with E-state index in [4.69, 9.17) is 4.74 Å². The summed E-state index contributed by atoms with van der Waals surface area (Å²) in [6.45, 7) is 3.08. The van der Waals surface area contributed by atoms with Crippen molar-refractivity contribution in [3.63, 3.8) is 0 Å². The van der Waals surface area contributed by atoms with Crippen LogP contribution in [0.25, 0.3) is 0 Å². The van der Waals surface area contributed by atoms with Crippen LogP contribution in [0.1, 0.15) is 12.5 Å². The summed E-state index contributed by atoms with van der Waals surface area (Å²) in [6.07, 6.45) is 0.0500. The van der Waals surface area contributed by atoms with Gasteiger partial charge in [-0.1, -0.05) is 30.3 Å². The first-order chi connectivity index (χ1) is 6.83. The van der Waals surface area contributed by atoms with Crippen molar-refractivity contribution < 1.29 is 9.84 Å². The lowest BCUT2D eigenvalue weighted by molar-refractivity contribution is -0.115. The van der Waals surface area contributed by atoms with Gasteiger partial charge >= 0.3 is 0 Å². The minimum absolute atomic E-state index is 0.513. The SMILES string of the molecule is CCOC(O)NCCc1ccccc1. The van der Waals surface area contributed by atoms with Crippen LogP contribution >= 0.6 is 0 Å². The van der Waals surface area contributed by atoms with Crippen LogP contribution in [0.5, 0.6) is 0 Å². The molecule has 14 heavy (non-hydrogen) atoms. The van der Waals surface area contributed by atoms with E-state index in [9.17, 15) is 5.11 Å². The Labute approximate surface area is 84.7 Å². The van der Waals surface area contributed by atoms with Crippen LogP contribution in [0.4, 0.5) is 0 Å². The molecule has 2 N–H and O–H groups in total. The molecule has 1 aromatic rings. The number of aliphatic hydroxyl groups excluding tert-OH is 1. The molecule has 0 amide bonds. The zero-order valence-corrected chi connectivity index (χ0v) is 8.44. The molecular weight excluding hydrogens is 178 g/mol. The average Bonchev–Trinajstić information content (AvgIpc) is 2.20. The quantitative estimate of drug-likeness (QED) is 0.669. The number of benzene rings is 1. The van der Waals surface area contributed by atoms with Gasteiger partial charge in [0.05, 0.1) is 0 Å². The van der Waals surface area contributed by atoms with Gasteiger partial charge in [-0.25, -0.2) is 0 Å². The largest absolute Gasteiger partial charge is 0.356 e. The number of hydrogen-bond acceptors (Lipinski definition) is 3. The third-order valence-corrected chi connectivity index (χ3v) is 1.90. The Morgan fingerprint density at radius 3 is 2.71 bits per heavy atom. The molecule has 0 aliphatic heterocycles. The molecule has 0 heterocycles. The Morgan fingerprint density at radius 1 is 1.36 bits per heavy atom. The van der Waals surface area contributed by atoms with Gasteiger partial charge in [0.25, 0.3) is 0 Å². The Bertz CT molecular complexity index is 238. The van der Waals surface area contributed by atoms with Crippen molar-refractivity contribution in [1.82, 2.24) is 5.32 Å². The highest BCUT2D eigenvalue weighted by Gasteiger charge is 1.99. The second-order valence-electron chi connectivity index (χ2n) is 3.00. The van der Waals surface area contributed by atoms with Gasteiger partial charge in [-0.15, -0.1) is 0 Å². The summed E-state index contributed by atoms with van der Waals surface area (Å²) >= 11 is 0. The van der Waals surface area contributed by atoms with Gasteiger partial charge < -0.3 is 9.84 Å². The predicted octanol–water partition coefficient (Wildman–Crippen LogP) is 1.13. The second kappa shape index (κ2) is 6.54. The van der Waals surface area contributed by atoms with Crippen molar-refractivity contribution in [2.45, 2.75) is 19.8 Å². The minimum atomic E-state index is -0.844. The number of nitrogens with one attached hydrogen (secondary N) is 1. The third kappa shape index (κ3) is 4.37. The van der Waals surface area contributed by atoms with Crippen molar-refractivity contribution in [3.05, 3.63) is 35.9 Å². The van der Waals surface area contributed by atoms with Gasteiger partial charge in [0, 0.05) is 13.2 Å². The van der Waals surface area contributed by atoms with Gasteiger partial charge in [-0.05, 0) is 18.9 Å². The molecule has 0 aromatic heterocycles. The second-order valence-corrected chi connectivity index (χ2v) is 3.00. The highest BCUT2D eigenvalue weighted by molar-refractivity contribution is 5.14. The van der Waals surface area contributed by atoms with E-state index in [0.717, 1.165) is 6.42 Å². The van der Waals surface area contributed by atoms with Crippen molar-refractivity contribution >= 4 is 0 Å². The first-order valence-corrected chi connectivity index (χ1v) is 4.90. The Morgan fingerprint density at radius 2 is 2.07 bits per heavy atom. The van der Waals surface area contributed by atoms with Crippen LogP contribution in [0.3, 0.4) is 0 Å². The molecule has 1 atom stereocenters. The molecule has 0 radical (unpaired) electrons. The molecule has 3 heteroatoms. The number of ether oxygens (including phenoxy) is 1. The van der Waals surface area contributed by atoms with Gasteiger partial charge in [0.2, 0.25) is 6.41 Å². The van der Waals surface area contributed by atoms with E-state index in [1.165, 1.54) is 5.56 Å². The summed E-state index contributed by atoms with van der Waals surface area (Å²) < 4.78 is 4.92. The topological polar surface area (TPSA) is 41.5 Å². The van der Waals surface area contributed by atoms with E-state index in [-0.39, 0.29) is 0 Å². The Kier molecular flexibility index (Phi) is 5.22. The average molecular weight is 195 g/mol.